The van der Waals surface area contributed by atoms with Crippen molar-refractivity contribution in [2.75, 3.05) is 17.8 Å². The van der Waals surface area contributed by atoms with Crippen LogP contribution in [0.3, 0.4) is 0 Å². The zero-order chi connectivity index (χ0) is 19.4. The van der Waals surface area contributed by atoms with Crippen LogP contribution in [0.4, 0.5) is 5.69 Å². The van der Waals surface area contributed by atoms with Gasteiger partial charge in [0.1, 0.15) is 0 Å². The van der Waals surface area contributed by atoms with E-state index in [1.54, 1.807) is 35.2 Å². The van der Waals surface area contributed by atoms with E-state index in [-0.39, 0.29) is 10.8 Å². The average Bonchev–Trinajstić information content (AvgIpc) is 2.68. The molecule has 2 N–H and O–H groups in total. The second-order valence-electron chi connectivity index (χ2n) is 6.40. The Morgan fingerprint density at radius 3 is 2.11 bits per heavy atom. The lowest BCUT2D eigenvalue weighted by atomic mass is 9.96. The molecule has 0 radical (unpaired) electrons. The monoisotopic (exact) mass is 388 g/mol. The fourth-order valence-electron chi connectivity index (χ4n) is 3.01. The predicted octanol–water partition coefficient (Wildman–Crippen LogP) is 2.42. The maximum atomic E-state index is 12.5. The van der Waals surface area contributed by atoms with Crippen molar-refractivity contribution in [3.63, 3.8) is 0 Å². The minimum absolute atomic E-state index is 0.159. The van der Waals surface area contributed by atoms with Crippen molar-refractivity contribution < 1.29 is 23.1 Å². The van der Waals surface area contributed by atoms with Gasteiger partial charge >= 0.3 is 5.97 Å². The summed E-state index contributed by atoms with van der Waals surface area (Å²) in [6.45, 7) is 0.802. The summed E-state index contributed by atoms with van der Waals surface area (Å²) in [5, 5.41) is 9.03. The number of hydrogen-bond donors (Lipinski definition) is 2. The van der Waals surface area contributed by atoms with Crippen LogP contribution in [0.2, 0.25) is 0 Å². The zero-order valence-corrected chi connectivity index (χ0v) is 15.4. The summed E-state index contributed by atoms with van der Waals surface area (Å²) in [5.74, 6) is -1.41. The fourth-order valence-corrected chi connectivity index (χ4v) is 4.09. The minimum Gasteiger partial charge on any atom is -0.481 e. The molecule has 27 heavy (non-hydrogen) atoms. The second-order valence-corrected chi connectivity index (χ2v) is 8.08. The molecule has 0 unspecified atom stereocenters. The Morgan fingerprint density at radius 2 is 1.56 bits per heavy atom. The van der Waals surface area contributed by atoms with Gasteiger partial charge in [0.15, 0.2) is 0 Å². The van der Waals surface area contributed by atoms with Gasteiger partial charge in [0.25, 0.3) is 15.9 Å². The van der Waals surface area contributed by atoms with Crippen molar-refractivity contribution in [2.24, 2.45) is 5.92 Å². The minimum atomic E-state index is -3.68. The molecule has 1 fully saturated rings. The van der Waals surface area contributed by atoms with Crippen molar-refractivity contribution in [1.82, 2.24) is 4.90 Å². The summed E-state index contributed by atoms with van der Waals surface area (Å²) in [5.41, 5.74) is 0.798. The number of carbonyl (C=O) groups excluding carboxylic acids is 1. The van der Waals surface area contributed by atoms with Gasteiger partial charge in [-0.2, -0.15) is 0 Å². The molecular weight excluding hydrogens is 368 g/mol. The van der Waals surface area contributed by atoms with Crippen LogP contribution >= 0.6 is 0 Å². The Hall–Kier alpha value is -2.87. The van der Waals surface area contributed by atoms with Crippen LogP contribution in [0.15, 0.2) is 59.5 Å². The highest BCUT2D eigenvalue weighted by Crippen LogP contribution is 2.21. The first kappa shape index (κ1) is 18.9. The Kier molecular flexibility index (Phi) is 5.46. The molecule has 1 aliphatic rings. The van der Waals surface area contributed by atoms with Gasteiger partial charge in [-0.3, -0.25) is 14.3 Å². The molecule has 8 heteroatoms. The van der Waals surface area contributed by atoms with E-state index in [4.69, 9.17) is 5.11 Å². The molecule has 1 aliphatic heterocycles. The van der Waals surface area contributed by atoms with Crippen LogP contribution < -0.4 is 4.72 Å². The summed E-state index contributed by atoms with van der Waals surface area (Å²) in [4.78, 5) is 25.3. The van der Waals surface area contributed by atoms with E-state index in [0.717, 1.165) is 0 Å². The molecule has 1 amide bonds. The van der Waals surface area contributed by atoms with Gasteiger partial charge in [-0.05, 0) is 49.2 Å². The SMILES string of the molecule is O=C(O)C1CCN(C(=O)c2ccc(NS(=O)(=O)c3ccccc3)cc2)CC1. The van der Waals surface area contributed by atoms with Crippen LogP contribution in [0.5, 0.6) is 0 Å². The molecule has 142 valence electrons. The van der Waals surface area contributed by atoms with Crippen LogP contribution in [-0.2, 0) is 14.8 Å². The molecular formula is C19H20N2O5S. The third-order valence-electron chi connectivity index (χ3n) is 4.57. The van der Waals surface area contributed by atoms with Crippen LogP contribution in [0, 0.1) is 5.92 Å². The van der Waals surface area contributed by atoms with Crippen LogP contribution in [0.1, 0.15) is 23.2 Å². The molecule has 1 heterocycles. The number of amides is 1. The first-order valence-electron chi connectivity index (χ1n) is 8.57. The van der Waals surface area contributed by atoms with Gasteiger partial charge in [-0.1, -0.05) is 18.2 Å². The highest BCUT2D eigenvalue weighted by molar-refractivity contribution is 7.92. The standard InChI is InChI=1S/C19H20N2O5S/c22-18(21-12-10-15(11-13-21)19(23)24)14-6-8-16(9-7-14)20-27(25,26)17-4-2-1-3-5-17/h1-9,15,20H,10-13H2,(H,23,24). The van der Waals surface area contributed by atoms with Gasteiger partial charge in [0.2, 0.25) is 0 Å². The lowest BCUT2D eigenvalue weighted by molar-refractivity contribution is -0.143. The van der Waals surface area contributed by atoms with Crippen molar-refractivity contribution in [1.29, 1.82) is 0 Å². The lowest BCUT2D eigenvalue weighted by Gasteiger charge is -2.30. The molecule has 2 aromatic rings. The summed E-state index contributed by atoms with van der Waals surface area (Å²) < 4.78 is 27.1. The molecule has 3 rings (SSSR count). The van der Waals surface area contributed by atoms with E-state index in [1.165, 1.54) is 24.3 Å². The maximum absolute atomic E-state index is 12.5. The molecule has 0 spiro atoms. The number of hydrogen-bond acceptors (Lipinski definition) is 4. The summed E-state index contributed by atoms with van der Waals surface area (Å²) in [6.07, 6.45) is 0.881. The maximum Gasteiger partial charge on any atom is 0.306 e. The van der Waals surface area contributed by atoms with E-state index in [0.29, 0.717) is 37.2 Å². The van der Waals surface area contributed by atoms with Crippen molar-refractivity contribution >= 4 is 27.6 Å². The lowest BCUT2D eigenvalue weighted by Crippen LogP contribution is -2.40. The fraction of sp³-hybridized carbons (Fsp3) is 0.263. The topological polar surface area (TPSA) is 104 Å². The van der Waals surface area contributed by atoms with E-state index >= 15 is 0 Å². The number of likely N-dealkylation sites (tertiary alicyclic amines) is 1. The van der Waals surface area contributed by atoms with Crippen molar-refractivity contribution in [3.8, 4) is 0 Å². The molecule has 1 saturated heterocycles. The number of benzene rings is 2. The molecule has 7 nitrogen and oxygen atoms in total. The number of carboxylic acid groups (broad SMARTS) is 1. The average molecular weight is 388 g/mol. The number of carbonyl (C=O) groups is 2. The van der Waals surface area contributed by atoms with Crippen molar-refractivity contribution in [3.05, 3.63) is 60.2 Å². The molecule has 2 aromatic carbocycles. The van der Waals surface area contributed by atoms with Gasteiger partial charge in [-0.15, -0.1) is 0 Å². The number of nitrogens with one attached hydrogen (secondary N) is 1. The van der Waals surface area contributed by atoms with Crippen LogP contribution in [0.25, 0.3) is 0 Å². The molecule has 0 bridgehead atoms. The smallest absolute Gasteiger partial charge is 0.306 e. The molecule has 0 aromatic heterocycles. The number of anilines is 1. The van der Waals surface area contributed by atoms with Gasteiger partial charge in [0, 0.05) is 24.3 Å². The van der Waals surface area contributed by atoms with Gasteiger partial charge in [0.05, 0.1) is 10.8 Å². The largest absolute Gasteiger partial charge is 0.481 e. The molecule has 0 atom stereocenters. The Morgan fingerprint density at radius 1 is 0.963 bits per heavy atom. The highest BCUT2D eigenvalue weighted by atomic mass is 32.2. The number of carboxylic acids is 1. The van der Waals surface area contributed by atoms with Gasteiger partial charge < -0.3 is 10.0 Å². The number of sulfonamides is 1. The third kappa shape index (κ3) is 4.46. The third-order valence-corrected chi connectivity index (χ3v) is 5.97. The number of nitrogens with zero attached hydrogens (tertiary/aromatic N) is 1. The van der Waals surface area contributed by atoms with Gasteiger partial charge in [-0.25, -0.2) is 8.42 Å². The van der Waals surface area contributed by atoms with E-state index in [2.05, 4.69) is 4.72 Å². The molecule has 0 aliphatic carbocycles. The highest BCUT2D eigenvalue weighted by Gasteiger charge is 2.27. The predicted molar refractivity (Wildman–Crippen MR) is 100.0 cm³/mol. The van der Waals surface area contributed by atoms with E-state index in [9.17, 15) is 18.0 Å². The zero-order valence-electron chi connectivity index (χ0n) is 14.5. The van der Waals surface area contributed by atoms with E-state index in [1.807, 2.05) is 0 Å². The Bertz CT molecular complexity index is 918. The first-order chi connectivity index (χ1) is 12.9. The molecule has 0 saturated carbocycles. The number of rotatable bonds is 5. The first-order valence-corrected chi connectivity index (χ1v) is 10.0. The summed E-state index contributed by atoms with van der Waals surface area (Å²) in [6, 6.07) is 14.2. The quantitative estimate of drug-likeness (QED) is 0.819. The number of piperidine rings is 1. The summed E-state index contributed by atoms with van der Waals surface area (Å²) >= 11 is 0. The normalized spacial score (nSPS) is 15.3. The summed E-state index contributed by atoms with van der Waals surface area (Å²) in [7, 11) is -3.68. The van der Waals surface area contributed by atoms with Crippen LogP contribution in [-0.4, -0.2) is 43.4 Å². The Balaban J connectivity index is 1.65. The second kappa shape index (κ2) is 7.79. The van der Waals surface area contributed by atoms with Crippen molar-refractivity contribution in [2.45, 2.75) is 17.7 Å². The Labute approximate surface area is 157 Å². The van der Waals surface area contributed by atoms with E-state index < -0.39 is 21.9 Å². The number of aliphatic carboxylic acids is 1.